The number of epoxide rings is 1. The molecule has 104 valence electrons. The number of allylic oxidation sites excluding steroid dienone is 2. The van der Waals surface area contributed by atoms with Gasteiger partial charge in [0.15, 0.2) is 5.43 Å². The summed E-state index contributed by atoms with van der Waals surface area (Å²) in [6, 6.07) is 5.47. The van der Waals surface area contributed by atoms with Crippen LogP contribution >= 0.6 is 0 Å². The second-order valence-electron chi connectivity index (χ2n) is 6.06. The van der Waals surface area contributed by atoms with Crippen LogP contribution < -0.4 is 10.7 Å². The third-order valence-electron chi connectivity index (χ3n) is 4.52. The Morgan fingerprint density at radius 3 is 2.95 bits per heavy atom. The minimum atomic E-state index is 0.103. The molecule has 4 rings (SSSR count). The zero-order valence-corrected chi connectivity index (χ0v) is 11.6. The second kappa shape index (κ2) is 4.74. The molecule has 3 heteroatoms. The molecule has 0 bridgehead atoms. The molecule has 1 aromatic rings. The van der Waals surface area contributed by atoms with Crippen molar-refractivity contribution in [1.82, 2.24) is 0 Å². The van der Waals surface area contributed by atoms with E-state index in [1.165, 1.54) is 41.8 Å². The van der Waals surface area contributed by atoms with Gasteiger partial charge >= 0.3 is 0 Å². The number of hydrogen-bond donors (Lipinski definition) is 1. The Bertz CT molecular complexity index is 644. The molecule has 3 nitrogen and oxygen atoms in total. The number of ether oxygens (including phenoxy) is 1. The summed E-state index contributed by atoms with van der Waals surface area (Å²) in [4.78, 5) is 11.9. The Labute approximate surface area is 118 Å². The number of nitrogens with one attached hydrogen (secondary N) is 1. The smallest absolute Gasteiger partial charge is 0.179 e. The topological polar surface area (TPSA) is 41.6 Å². The van der Waals surface area contributed by atoms with Gasteiger partial charge in [-0.1, -0.05) is 6.07 Å². The van der Waals surface area contributed by atoms with E-state index in [0.717, 1.165) is 31.4 Å². The van der Waals surface area contributed by atoms with Gasteiger partial charge in [-0.2, -0.15) is 0 Å². The summed E-state index contributed by atoms with van der Waals surface area (Å²) >= 11 is 0. The van der Waals surface area contributed by atoms with E-state index in [9.17, 15) is 4.79 Å². The van der Waals surface area contributed by atoms with Crippen molar-refractivity contribution in [3.63, 3.8) is 0 Å². The summed E-state index contributed by atoms with van der Waals surface area (Å²) in [5.41, 5.74) is 6.57. The lowest BCUT2D eigenvalue weighted by Crippen LogP contribution is -2.17. The number of anilines is 1. The molecule has 1 N–H and O–H groups in total. The largest absolute Gasteiger partial charge is 0.373 e. The van der Waals surface area contributed by atoms with Gasteiger partial charge in [-0.3, -0.25) is 4.79 Å². The highest BCUT2D eigenvalue weighted by atomic mass is 16.6. The first-order valence-corrected chi connectivity index (χ1v) is 7.55. The maximum atomic E-state index is 11.9. The van der Waals surface area contributed by atoms with E-state index < -0.39 is 0 Å². The first kappa shape index (κ1) is 12.2. The first-order valence-electron chi connectivity index (χ1n) is 7.55. The molecule has 1 unspecified atom stereocenters. The summed E-state index contributed by atoms with van der Waals surface area (Å²) < 4.78 is 5.35. The van der Waals surface area contributed by atoms with Crippen molar-refractivity contribution < 1.29 is 4.74 Å². The molecule has 1 fully saturated rings. The Morgan fingerprint density at radius 2 is 2.10 bits per heavy atom. The minimum absolute atomic E-state index is 0.103. The van der Waals surface area contributed by atoms with Crippen molar-refractivity contribution in [1.29, 1.82) is 0 Å². The monoisotopic (exact) mass is 269 g/mol. The van der Waals surface area contributed by atoms with Gasteiger partial charge in [0, 0.05) is 17.8 Å². The van der Waals surface area contributed by atoms with Gasteiger partial charge in [0.1, 0.15) is 0 Å². The summed E-state index contributed by atoms with van der Waals surface area (Å²) in [6.07, 6.45) is 7.08. The van der Waals surface area contributed by atoms with Crippen molar-refractivity contribution >= 4 is 5.69 Å². The van der Waals surface area contributed by atoms with Crippen LogP contribution in [0.2, 0.25) is 0 Å². The highest BCUT2D eigenvalue weighted by Crippen LogP contribution is 2.37. The van der Waals surface area contributed by atoms with Crippen molar-refractivity contribution in [2.45, 2.75) is 44.6 Å². The van der Waals surface area contributed by atoms with Crippen LogP contribution in [0.5, 0.6) is 0 Å². The van der Waals surface area contributed by atoms with E-state index in [4.69, 9.17) is 4.74 Å². The van der Waals surface area contributed by atoms with E-state index >= 15 is 0 Å². The standard InChI is InChI=1S/C17H19NO2/c19-14-6-5-12(9-15-10-20-15)17-13(8-14)7-11-3-1-2-4-16(11)18-17/h5-6,8,15,18H,1-4,7,9-10H2. The molecule has 2 heterocycles. The molecule has 1 aromatic carbocycles. The van der Waals surface area contributed by atoms with Crippen LogP contribution in [0, 0.1) is 0 Å². The number of rotatable bonds is 2. The average molecular weight is 269 g/mol. The molecule has 0 amide bonds. The quantitative estimate of drug-likeness (QED) is 0.839. The molecule has 1 aliphatic carbocycles. The van der Waals surface area contributed by atoms with Gasteiger partial charge in [0.25, 0.3) is 0 Å². The molecule has 1 saturated heterocycles. The molecule has 3 aliphatic rings. The zero-order chi connectivity index (χ0) is 13.5. The fraction of sp³-hybridized carbons (Fsp3) is 0.471. The van der Waals surface area contributed by atoms with Crippen LogP contribution in [-0.4, -0.2) is 12.7 Å². The predicted octanol–water partition coefficient (Wildman–Crippen LogP) is 2.78. The molecule has 0 aromatic heterocycles. The highest BCUT2D eigenvalue weighted by Gasteiger charge is 2.27. The third kappa shape index (κ3) is 2.27. The van der Waals surface area contributed by atoms with E-state index in [1.807, 2.05) is 6.07 Å². The molecular weight excluding hydrogens is 250 g/mol. The lowest BCUT2D eigenvalue weighted by Gasteiger charge is -2.28. The Balaban J connectivity index is 1.78. The lowest BCUT2D eigenvalue weighted by atomic mass is 9.87. The normalized spacial score (nSPS) is 23.7. The fourth-order valence-electron chi connectivity index (χ4n) is 3.36. The Morgan fingerprint density at radius 1 is 1.25 bits per heavy atom. The van der Waals surface area contributed by atoms with Crippen molar-refractivity contribution in [3.05, 3.63) is 50.8 Å². The summed E-state index contributed by atoms with van der Waals surface area (Å²) in [7, 11) is 0. The van der Waals surface area contributed by atoms with Crippen molar-refractivity contribution in [3.8, 4) is 0 Å². The van der Waals surface area contributed by atoms with E-state index in [0.29, 0.717) is 6.10 Å². The van der Waals surface area contributed by atoms with Crippen LogP contribution in [-0.2, 0) is 17.6 Å². The van der Waals surface area contributed by atoms with Gasteiger partial charge in [0.2, 0.25) is 0 Å². The maximum absolute atomic E-state index is 11.9. The molecular formula is C17H19NO2. The SMILES string of the molecule is O=c1ccc(CC2CO2)c2c(c1)CC1=C(CCCC1)N2. The third-order valence-corrected chi connectivity index (χ3v) is 4.52. The summed E-state index contributed by atoms with van der Waals surface area (Å²) in [5.74, 6) is 0. The second-order valence-corrected chi connectivity index (χ2v) is 6.06. The molecule has 0 spiro atoms. The van der Waals surface area contributed by atoms with Gasteiger partial charge in [-0.05, 0) is 60.9 Å². The van der Waals surface area contributed by atoms with E-state index in [2.05, 4.69) is 5.32 Å². The Hall–Kier alpha value is -1.61. The predicted molar refractivity (Wildman–Crippen MR) is 79.0 cm³/mol. The number of hydrogen-bond acceptors (Lipinski definition) is 3. The molecule has 0 saturated carbocycles. The summed E-state index contributed by atoms with van der Waals surface area (Å²) in [6.45, 7) is 0.853. The maximum Gasteiger partial charge on any atom is 0.179 e. The van der Waals surface area contributed by atoms with Gasteiger partial charge in [-0.15, -0.1) is 0 Å². The summed E-state index contributed by atoms with van der Waals surface area (Å²) in [5, 5.41) is 3.63. The van der Waals surface area contributed by atoms with Gasteiger partial charge in [0.05, 0.1) is 12.7 Å². The van der Waals surface area contributed by atoms with Crippen LogP contribution in [0.25, 0.3) is 0 Å². The van der Waals surface area contributed by atoms with Crippen LogP contribution in [0.3, 0.4) is 0 Å². The molecule has 20 heavy (non-hydrogen) atoms. The lowest BCUT2D eigenvalue weighted by molar-refractivity contribution is 0.408. The van der Waals surface area contributed by atoms with Crippen LogP contribution in [0.15, 0.2) is 34.3 Å². The Kier molecular flexibility index (Phi) is 2.88. The van der Waals surface area contributed by atoms with Gasteiger partial charge in [-0.25, -0.2) is 0 Å². The van der Waals surface area contributed by atoms with Crippen LogP contribution in [0.4, 0.5) is 5.69 Å². The van der Waals surface area contributed by atoms with Crippen molar-refractivity contribution in [2.75, 3.05) is 11.9 Å². The highest BCUT2D eigenvalue weighted by molar-refractivity contribution is 5.64. The van der Waals surface area contributed by atoms with Crippen LogP contribution in [0.1, 0.15) is 36.8 Å². The fourth-order valence-corrected chi connectivity index (χ4v) is 3.36. The van der Waals surface area contributed by atoms with E-state index in [-0.39, 0.29) is 5.43 Å². The molecule has 2 aliphatic heterocycles. The van der Waals surface area contributed by atoms with E-state index in [1.54, 1.807) is 12.1 Å². The first-order chi connectivity index (χ1) is 9.79. The number of fused-ring (bicyclic) bond motifs is 1. The average Bonchev–Trinajstić information content (AvgIpc) is 3.27. The zero-order valence-electron chi connectivity index (χ0n) is 11.6. The van der Waals surface area contributed by atoms with Gasteiger partial charge < -0.3 is 10.1 Å². The molecule has 0 radical (unpaired) electrons. The minimum Gasteiger partial charge on any atom is -0.373 e. The molecule has 1 atom stereocenters. The van der Waals surface area contributed by atoms with Crippen molar-refractivity contribution in [2.24, 2.45) is 0 Å².